The van der Waals surface area contributed by atoms with Gasteiger partial charge in [-0.25, -0.2) is 9.59 Å². The minimum Gasteiger partial charge on any atom is -0.462 e. The molecule has 2 aliphatic rings. The maximum Gasteiger partial charge on any atom is 0.356 e. The molecule has 0 spiro atoms. The van der Waals surface area contributed by atoms with Crippen molar-refractivity contribution < 1.29 is 52.0 Å². The lowest BCUT2D eigenvalue weighted by Crippen LogP contribution is -2.56. The van der Waals surface area contributed by atoms with Crippen LogP contribution in [0.15, 0.2) is 24.3 Å². The summed E-state index contributed by atoms with van der Waals surface area (Å²) in [5.41, 5.74) is 0.668. The number of ether oxygens (including phenoxy) is 2. The van der Waals surface area contributed by atoms with E-state index < -0.39 is 84.8 Å². The van der Waals surface area contributed by atoms with E-state index in [0.29, 0.717) is 23.6 Å². The monoisotopic (exact) mass is 698 g/mol. The number of carbonyl (C=O) groups excluding carboxylic acids is 2. The van der Waals surface area contributed by atoms with Crippen molar-refractivity contribution in [3.8, 4) is 0 Å². The van der Waals surface area contributed by atoms with Gasteiger partial charge >= 0.3 is 29.1 Å². The Balaban J connectivity index is 1.45. The smallest absolute Gasteiger partial charge is 0.356 e. The maximum absolute atomic E-state index is 12.7. The Bertz CT molecular complexity index is 963. The first kappa shape index (κ1) is 34.1. The number of rotatable bonds is 8. The first-order chi connectivity index (χ1) is 18.8. The Hall–Kier alpha value is -0.425. The second kappa shape index (κ2) is 15.3. The minimum atomic E-state index is -2.80. The highest BCUT2D eigenvalue weighted by atomic mass is 28.5. The summed E-state index contributed by atoms with van der Waals surface area (Å²) in [5, 5.41) is 0. The third kappa shape index (κ3) is 11.0. The zero-order valence-electron chi connectivity index (χ0n) is 24.5. The van der Waals surface area contributed by atoms with Gasteiger partial charge in [0.1, 0.15) is 6.23 Å². The van der Waals surface area contributed by atoms with Gasteiger partial charge in [-0.2, -0.15) is 0 Å². The van der Waals surface area contributed by atoms with Crippen molar-refractivity contribution in [2.45, 2.75) is 64.8 Å². The van der Waals surface area contributed by atoms with Crippen LogP contribution in [0.5, 0.6) is 0 Å². The van der Waals surface area contributed by atoms with E-state index in [9.17, 15) is 9.59 Å². The summed E-state index contributed by atoms with van der Waals surface area (Å²) >= 11 is 0. The Labute approximate surface area is 249 Å². The summed E-state index contributed by atoms with van der Waals surface area (Å²) in [5.74, 6) is -0.982. The van der Waals surface area contributed by atoms with Gasteiger partial charge in [0.2, 0.25) is 0 Å². The molecule has 12 nitrogen and oxygen atoms in total. The molecule has 0 bridgehead atoms. The van der Waals surface area contributed by atoms with Crippen LogP contribution in [0.1, 0.15) is 27.1 Å². The Morgan fingerprint density at radius 2 is 1.00 bits per heavy atom. The molecule has 40 heavy (non-hydrogen) atoms. The van der Waals surface area contributed by atoms with Crippen LogP contribution >= 0.6 is 0 Å². The summed E-state index contributed by atoms with van der Waals surface area (Å²) in [6, 6.07) is 6.87. The standard InChI is InChI=1S/C20H42O12Si8/c1-33-25-35(3)29-39(7,30-36(4)26-33)15-9-14-23-19(21)17-10-12-18(13-11-17)20(22)24-16-40(8)31-37(5)27-34(2)28-38(6)32-40/h10-13,33-38H,9,14-16H2,1-8H3. The highest BCUT2D eigenvalue weighted by Crippen LogP contribution is 2.22. The van der Waals surface area contributed by atoms with Gasteiger partial charge in [0.05, 0.1) is 17.7 Å². The second-order valence-electron chi connectivity index (χ2n) is 10.1. The molecule has 20 heteroatoms. The lowest BCUT2D eigenvalue weighted by molar-refractivity contribution is 0.0498. The molecule has 1 aromatic rings. The number of hydrogen-bond donors (Lipinski definition) is 0. The molecular formula is C20H42O12Si8. The largest absolute Gasteiger partial charge is 0.462 e. The Morgan fingerprint density at radius 3 is 1.43 bits per heavy atom. The fourth-order valence-electron chi connectivity index (χ4n) is 4.56. The van der Waals surface area contributed by atoms with Crippen LogP contribution in [0.3, 0.4) is 0 Å². The van der Waals surface area contributed by atoms with E-state index in [1.807, 2.05) is 52.4 Å². The zero-order chi connectivity index (χ0) is 29.5. The molecule has 2 aliphatic heterocycles. The molecule has 0 aromatic heterocycles. The molecule has 3 rings (SSSR count). The van der Waals surface area contributed by atoms with Gasteiger partial charge in [0.15, 0.2) is 0 Å². The molecule has 2 heterocycles. The number of hydrogen-bond acceptors (Lipinski definition) is 12. The summed E-state index contributed by atoms with van der Waals surface area (Å²) in [7, 11) is -16.2. The van der Waals surface area contributed by atoms with E-state index in [2.05, 4.69) is 0 Å². The average Bonchev–Trinajstić information content (AvgIpc) is 2.82. The van der Waals surface area contributed by atoms with E-state index in [4.69, 9.17) is 42.4 Å². The summed E-state index contributed by atoms with van der Waals surface area (Å²) in [4.78, 5) is 25.3. The van der Waals surface area contributed by atoms with Crippen molar-refractivity contribution in [3.63, 3.8) is 0 Å². The van der Waals surface area contributed by atoms with E-state index in [-0.39, 0.29) is 12.8 Å². The SMILES string of the molecule is C[SiH]1O[SiH](C)O[Si](C)(CCCOC(=O)c2ccc(C(=O)OC[Si]3(C)O[SiH](C)O[SiH](C)O[SiH](C)O3)cc2)O[SiH](C)O1. The second-order valence-corrected chi connectivity index (χ2v) is 30.3. The molecule has 4 atom stereocenters. The average molecular weight is 699 g/mol. The molecule has 0 saturated carbocycles. The predicted octanol–water partition coefficient (Wildman–Crippen LogP) is 1.34. The first-order valence-corrected chi connectivity index (χ1v) is 31.2. The van der Waals surface area contributed by atoms with Crippen LogP contribution in [0.4, 0.5) is 0 Å². The Morgan fingerprint density at radius 1 is 0.625 bits per heavy atom. The van der Waals surface area contributed by atoms with Gasteiger partial charge in [0, 0.05) is 0 Å². The number of esters is 2. The molecule has 0 N–H and O–H groups in total. The third-order valence-electron chi connectivity index (χ3n) is 6.02. The van der Waals surface area contributed by atoms with Crippen molar-refractivity contribution in [2.75, 3.05) is 12.8 Å². The van der Waals surface area contributed by atoms with Gasteiger partial charge in [-0.15, -0.1) is 0 Å². The van der Waals surface area contributed by atoms with Crippen LogP contribution < -0.4 is 0 Å². The van der Waals surface area contributed by atoms with E-state index in [1.54, 1.807) is 24.3 Å². The number of benzene rings is 1. The first-order valence-electron chi connectivity index (χ1n) is 13.5. The van der Waals surface area contributed by atoms with Gasteiger partial charge in [0.25, 0.3) is 55.7 Å². The van der Waals surface area contributed by atoms with Crippen LogP contribution in [0, 0.1) is 0 Å². The third-order valence-corrected chi connectivity index (χ3v) is 33.5. The van der Waals surface area contributed by atoms with Crippen LogP contribution in [0.2, 0.25) is 58.4 Å². The topological polar surface area (TPSA) is 126 Å². The summed E-state index contributed by atoms with van der Waals surface area (Å²) < 4.78 is 59.5. The highest BCUT2D eigenvalue weighted by molar-refractivity contribution is 6.82. The van der Waals surface area contributed by atoms with Crippen molar-refractivity contribution in [1.29, 1.82) is 0 Å². The molecule has 0 amide bonds. The minimum absolute atomic E-state index is 0.0321. The zero-order valence-corrected chi connectivity index (χ0v) is 33.4. The van der Waals surface area contributed by atoms with Gasteiger partial charge in [-0.05, 0) is 89.1 Å². The fraction of sp³-hybridized carbons (Fsp3) is 0.600. The lowest BCUT2D eigenvalue weighted by Gasteiger charge is -2.37. The molecule has 2 fully saturated rings. The molecule has 4 unspecified atom stereocenters. The van der Waals surface area contributed by atoms with Crippen molar-refractivity contribution >= 4 is 84.8 Å². The summed E-state index contributed by atoms with van der Waals surface area (Å²) in [6.07, 6.45) is 0.644. The van der Waals surface area contributed by atoms with Crippen molar-refractivity contribution in [1.82, 2.24) is 0 Å². The predicted molar refractivity (Wildman–Crippen MR) is 166 cm³/mol. The van der Waals surface area contributed by atoms with Crippen LogP contribution in [-0.4, -0.2) is 97.6 Å². The Kier molecular flexibility index (Phi) is 13.1. The molecule has 1 aromatic carbocycles. The quantitative estimate of drug-likeness (QED) is 0.221. The van der Waals surface area contributed by atoms with E-state index >= 15 is 0 Å². The fourth-order valence-corrected chi connectivity index (χ4v) is 33.1. The van der Waals surface area contributed by atoms with Gasteiger partial charge in [-0.1, -0.05) is 0 Å². The summed E-state index contributed by atoms with van der Waals surface area (Å²) in [6.45, 7) is 15.9. The van der Waals surface area contributed by atoms with Gasteiger partial charge < -0.3 is 42.4 Å². The van der Waals surface area contributed by atoms with Crippen LogP contribution in [0.25, 0.3) is 0 Å². The number of carbonyl (C=O) groups is 2. The van der Waals surface area contributed by atoms with Crippen LogP contribution in [-0.2, 0) is 42.4 Å². The normalized spacial score (nSPS) is 35.5. The molecule has 0 radical (unpaired) electrons. The van der Waals surface area contributed by atoms with E-state index in [1.165, 1.54) is 0 Å². The highest BCUT2D eigenvalue weighted by Gasteiger charge is 2.41. The maximum atomic E-state index is 12.7. The molecule has 2 saturated heterocycles. The van der Waals surface area contributed by atoms with E-state index in [0.717, 1.165) is 0 Å². The molecule has 226 valence electrons. The molecular weight excluding hydrogens is 657 g/mol. The van der Waals surface area contributed by atoms with Crippen molar-refractivity contribution in [2.24, 2.45) is 0 Å². The molecule has 0 aliphatic carbocycles. The van der Waals surface area contributed by atoms with Gasteiger partial charge in [-0.3, -0.25) is 0 Å². The lowest BCUT2D eigenvalue weighted by atomic mass is 10.1. The van der Waals surface area contributed by atoms with Crippen molar-refractivity contribution in [3.05, 3.63) is 35.4 Å².